The summed E-state index contributed by atoms with van der Waals surface area (Å²) in [7, 11) is -3.32. The second-order valence-electron chi connectivity index (χ2n) is 5.79. The maximum Gasteiger partial charge on any atom is 0.243 e. The van der Waals surface area contributed by atoms with Crippen molar-refractivity contribution in [2.45, 2.75) is 48.4 Å². The van der Waals surface area contributed by atoms with E-state index in [4.69, 9.17) is 0 Å². The molecule has 1 heterocycles. The van der Waals surface area contributed by atoms with Gasteiger partial charge in [-0.1, -0.05) is 40.9 Å². The van der Waals surface area contributed by atoms with E-state index in [9.17, 15) is 8.42 Å². The van der Waals surface area contributed by atoms with Crippen LogP contribution in [-0.4, -0.2) is 25.3 Å². The monoisotopic (exact) mass is 357 g/mol. The van der Waals surface area contributed by atoms with Crippen LogP contribution in [0, 0.1) is 5.92 Å². The fraction of sp³-hybridized carbons (Fsp3) is 0.600. The maximum absolute atomic E-state index is 12.8. The highest BCUT2D eigenvalue weighted by atomic mass is 79.9. The van der Waals surface area contributed by atoms with E-state index in [2.05, 4.69) is 15.9 Å². The van der Waals surface area contributed by atoms with Gasteiger partial charge in [0.25, 0.3) is 0 Å². The zero-order chi connectivity index (χ0) is 14.2. The van der Waals surface area contributed by atoms with Crippen LogP contribution in [0.25, 0.3) is 0 Å². The van der Waals surface area contributed by atoms with Crippen LogP contribution in [0.3, 0.4) is 0 Å². The number of rotatable bonds is 3. The van der Waals surface area contributed by atoms with Crippen molar-refractivity contribution in [3.63, 3.8) is 0 Å². The van der Waals surface area contributed by atoms with Crippen molar-refractivity contribution in [1.82, 2.24) is 4.31 Å². The van der Waals surface area contributed by atoms with Crippen LogP contribution in [0.15, 0.2) is 29.2 Å². The lowest BCUT2D eigenvalue weighted by Gasteiger charge is -2.31. The smallest absolute Gasteiger partial charge is 0.207 e. The molecular weight excluding hydrogens is 338 g/mol. The molecule has 2 fully saturated rings. The molecule has 1 aliphatic heterocycles. The molecule has 20 heavy (non-hydrogen) atoms. The molecule has 0 aromatic heterocycles. The number of benzene rings is 1. The second kappa shape index (κ2) is 5.78. The number of sulfonamides is 1. The summed E-state index contributed by atoms with van der Waals surface area (Å²) < 4.78 is 27.4. The standard InChI is InChI=1S/C15H20BrNO2S/c16-11-12-5-7-14(8-6-12)20(18,19)17-10-9-13-3-1-2-4-15(13)17/h5-8,13,15H,1-4,9-11H2. The molecule has 0 spiro atoms. The van der Waals surface area contributed by atoms with Crippen molar-refractivity contribution < 1.29 is 8.42 Å². The number of halogens is 1. The van der Waals surface area contributed by atoms with Gasteiger partial charge < -0.3 is 0 Å². The molecule has 1 aromatic carbocycles. The van der Waals surface area contributed by atoms with Gasteiger partial charge in [-0.05, 0) is 42.9 Å². The Hall–Kier alpha value is -0.390. The molecule has 0 amide bonds. The first kappa shape index (κ1) is 14.5. The number of hydrogen-bond donors (Lipinski definition) is 0. The summed E-state index contributed by atoms with van der Waals surface area (Å²) in [6.45, 7) is 0.692. The molecule has 1 aromatic rings. The van der Waals surface area contributed by atoms with Gasteiger partial charge in [0, 0.05) is 17.9 Å². The van der Waals surface area contributed by atoms with E-state index in [1.54, 1.807) is 16.4 Å². The van der Waals surface area contributed by atoms with E-state index in [1.807, 2.05) is 12.1 Å². The van der Waals surface area contributed by atoms with Crippen molar-refractivity contribution in [2.75, 3.05) is 6.54 Å². The van der Waals surface area contributed by atoms with Gasteiger partial charge in [-0.2, -0.15) is 4.31 Å². The SMILES string of the molecule is O=S(=O)(c1ccc(CBr)cc1)N1CCC2CCCCC21. The quantitative estimate of drug-likeness (QED) is 0.775. The lowest BCUT2D eigenvalue weighted by Crippen LogP contribution is -2.39. The first-order valence-electron chi connectivity index (χ1n) is 7.29. The normalized spacial score (nSPS) is 27.4. The van der Waals surface area contributed by atoms with Crippen LogP contribution >= 0.6 is 15.9 Å². The summed E-state index contributed by atoms with van der Waals surface area (Å²) >= 11 is 3.38. The summed E-state index contributed by atoms with van der Waals surface area (Å²) in [5, 5.41) is 0.752. The van der Waals surface area contributed by atoms with Gasteiger partial charge in [-0.25, -0.2) is 8.42 Å². The van der Waals surface area contributed by atoms with Crippen LogP contribution < -0.4 is 0 Å². The molecule has 2 unspecified atom stereocenters. The van der Waals surface area contributed by atoms with Crippen molar-refractivity contribution in [3.8, 4) is 0 Å². The minimum Gasteiger partial charge on any atom is -0.207 e. The van der Waals surface area contributed by atoms with Crippen molar-refractivity contribution in [3.05, 3.63) is 29.8 Å². The van der Waals surface area contributed by atoms with E-state index in [1.165, 1.54) is 12.8 Å². The predicted molar refractivity (Wildman–Crippen MR) is 83.3 cm³/mol. The lowest BCUT2D eigenvalue weighted by molar-refractivity contribution is 0.260. The van der Waals surface area contributed by atoms with Gasteiger partial charge in [0.2, 0.25) is 10.0 Å². The zero-order valence-electron chi connectivity index (χ0n) is 11.5. The Labute approximate surface area is 129 Å². The minimum atomic E-state index is -3.32. The fourth-order valence-electron chi connectivity index (χ4n) is 3.55. The van der Waals surface area contributed by atoms with Gasteiger partial charge in [-0.15, -0.1) is 0 Å². The van der Waals surface area contributed by atoms with Gasteiger partial charge in [0.05, 0.1) is 4.90 Å². The molecule has 110 valence electrons. The molecule has 3 nitrogen and oxygen atoms in total. The molecule has 1 saturated carbocycles. The van der Waals surface area contributed by atoms with Crippen LogP contribution in [-0.2, 0) is 15.4 Å². The first-order chi connectivity index (χ1) is 9.63. The zero-order valence-corrected chi connectivity index (χ0v) is 13.9. The van der Waals surface area contributed by atoms with Crippen LogP contribution in [0.1, 0.15) is 37.7 Å². The molecule has 2 aliphatic rings. The summed E-state index contributed by atoms with van der Waals surface area (Å²) in [4.78, 5) is 0.438. The Balaban J connectivity index is 1.87. The summed E-state index contributed by atoms with van der Waals surface area (Å²) in [5.41, 5.74) is 1.10. The minimum absolute atomic E-state index is 0.240. The topological polar surface area (TPSA) is 37.4 Å². The third-order valence-corrected chi connectivity index (χ3v) is 7.23. The van der Waals surface area contributed by atoms with E-state index in [-0.39, 0.29) is 6.04 Å². The number of hydrogen-bond acceptors (Lipinski definition) is 2. The lowest BCUT2D eigenvalue weighted by atomic mass is 9.86. The molecule has 2 atom stereocenters. The Morgan fingerprint density at radius 2 is 1.80 bits per heavy atom. The average Bonchev–Trinajstić information content (AvgIpc) is 2.92. The van der Waals surface area contributed by atoms with Crippen molar-refractivity contribution in [1.29, 1.82) is 0 Å². The summed E-state index contributed by atoms with van der Waals surface area (Å²) in [5.74, 6) is 0.584. The van der Waals surface area contributed by atoms with E-state index in [0.29, 0.717) is 17.4 Å². The third kappa shape index (κ3) is 2.55. The highest BCUT2D eigenvalue weighted by Gasteiger charge is 2.42. The molecule has 3 rings (SSSR count). The van der Waals surface area contributed by atoms with E-state index in [0.717, 1.165) is 30.2 Å². The third-order valence-electron chi connectivity index (χ3n) is 4.64. The molecule has 5 heteroatoms. The Kier molecular flexibility index (Phi) is 4.20. The maximum atomic E-state index is 12.8. The highest BCUT2D eigenvalue weighted by Crippen LogP contribution is 2.39. The number of nitrogens with zero attached hydrogens (tertiary/aromatic N) is 1. The van der Waals surface area contributed by atoms with Crippen molar-refractivity contribution in [2.24, 2.45) is 5.92 Å². The van der Waals surface area contributed by atoms with Crippen molar-refractivity contribution >= 4 is 26.0 Å². The summed E-state index contributed by atoms with van der Waals surface area (Å²) in [6.07, 6.45) is 5.68. The Bertz CT molecular complexity index is 570. The molecule has 0 radical (unpaired) electrons. The van der Waals surface area contributed by atoms with E-state index >= 15 is 0 Å². The van der Waals surface area contributed by atoms with Gasteiger partial charge >= 0.3 is 0 Å². The largest absolute Gasteiger partial charge is 0.243 e. The van der Waals surface area contributed by atoms with Crippen LogP contribution in [0.4, 0.5) is 0 Å². The van der Waals surface area contributed by atoms with E-state index < -0.39 is 10.0 Å². The molecule has 0 bridgehead atoms. The molecule has 1 aliphatic carbocycles. The van der Waals surface area contributed by atoms with Crippen LogP contribution in [0.2, 0.25) is 0 Å². The summed E-state index contributed by atoms with van der Waals surface area (Å²) in [6, 6.07) is 7.49. The fourth-order valence-corrected chi connectivity index (χ4v) is 5.65. The van der Waals surface area contributed by atoms with Gasteiger partial charge in [0.1, 0.15) is 0 Å². The number of fused-ring (bicyclic) bond motifs is 1. The Morgan fingerprint density at radius 3 is 2.50 bits per heavy atom. The molecule has 1 saturated heterocycles. The Morgan fingerprint density at radius 1 is 1.10 bits per heavy atom. The van der Waals surface area contributed by atoms with Crippen LogP contribution in [0.5, 0.6) is 0 Å². The highest BCUT2D eigenvalue weighted by molar-refractivity contribution is 9.08. The van der Waals surface area contributed by atoms with Gasteiger partial charge in [-0.3, -0.25) is 0 Å². The second-order valence-corrected chi connectivity index (χ2v) is 8.25. The predicted octanol–water partition coefficient (Wildman–Crippen LogP) is 3.53. The van der Waals surface area contributed by atoms with Gasteiger partial charge in [0.15, 0.2) is 0 Å². The first-order valence-corrected chi connectivity index (χ1v) is 9.86. The number of alkyl halides is 1. The molecule has 0 N–H and O–H groups in total. The average molecular weight is 358 g/mol. The molecular formula is C15H20BrNO2S.